The molecule has 2 aliphatic rings. The highest BCUT2D eigenvalue weighted by atomic mass is 32.1. The predicted octanol–water partition coefficient (Wildman–Crippen LogP) is 3.17. The van der Waals surface area contributed by atoms with Crippen LogP contribution in [0.1, 0.15) is 58.2 Å². The lowest BCUT2D eigenvalue weighted by atomic mass is 9.99. The fourth-order valence-electron chi connectivity index (χ4n) is 5.41. The Morgan fingerprint density at radius 2 is 1.88 bits per heavy atom. The van der Waals surface area contributed by atoms with Gasteiger partial charge in [0.15, 0.2) is 0 Å². The van der Waals surface area contributed by atoms with Crippen LogP contribution in [-0.4, -0.2) is 67.1 Å². The first-order chi connectivity index (χ1) is 16.0. The van der Waals surface area contributed by atoms with Gasteiger partial charge in [-0.1, -0.05) is 20.3 Å². The van der Waals surface area contributed by atoms with E-state index in [1.165, 1.54) is 43.7 Å². The van der Waals surface area contributed by atoms with Gasteiger partial charge < -0.3 is 9.80 Å². The second kappa shape index (κ2) is 9.54. The summed E-state index contributed by atoms with van der Waals surface area (Å²) in [6.45, 7) is 8.92. The van der Waals surface area contributed by atoms with Gasteiger partial charge in [-0.3, -0.25) is 18.6 Å². The van der Waals surface area contributed by atoms with Crippen molar-refractivity contribution >= 4 is 33.2 Å². The van der Waals surface area contributed by atoms with Crippen molar-refractivity contribution in [3.8, 4) is 0 Å². The Bertz CT molecular complexity index is 1180. The summed E-state index contributed by atoms with van der Waals surface area (Å²) in [4.78, 5) is 30.6. The Balaban J connectivity index is 1.29. The van der Waals surface area contributed by atoms with Crippen molar-refractivity contribution in [3.63, 3.8) is 0 Å². The van der Waals surface area contributed by atoms with E-state index in [0.717, 1.165) is 42.0 Å². The zero-order valence-electron chi connectivity index (χ0n) is 19.7. The first kappa shape index (κ1) is 22.5. The molecule has 0 atom stereocenters. The van der Waals surface area contributed by atoms with Crippen molar-refractivity contribution < 1.29 is 4.79 Å². The second-order valence-corrected chi connectivity index (χ2v) is 10.8. The van der Waals surface area contributed by atoms with Crippen molar-refractivity contribution in [2.45, 2.75) is 71.4 Å². The van der Waals surface area contributed by atoms with Gasteiger partial charge in [0.25, 0.3) is 5.56 Å². The van der Waals surface area contributed by atoms with Crippen LogP contribution in [0.4, 0.5) is 0 Å². The van der Waals surface area contributed by atoms with Crippen LogP contribution in [-0.2, 0) is 17.8 Å². The maximum Gasteiger partial charge on any atom is 0.272 e. The molecule has 0 aromatic carbocycles. The SMILES string of the molecule is CC(C)Cn1c(=O)c2sccc2n2c(CCC(=O)N3CCC(N4CCCCC4)CC3)nnc12. The number of likely N-dealkylation sites (tertiary alicyclic amines) is 2. The van der Waals surface area contributed by atoms with Crippen LogP contribution in [0.2, 0.25) is 0 Å². The van der Waals surface area contributed by atoms with E-state index in [0.29, 0.717) is 37.1 Å². The predicted molar refractivity (Wildman–Crippen MR) is 131 cm³/mol. The van der Waals surface area contributed by atoms with E-state index in [2.05, 4.69) is 28.9 Å². The molecule has 2 saturated heterocycles. The van der Waals surface area contributed by atoms with E-state index in [9.17, 15) is 9.59 Å². The molecule has 0 spiro atoms. The molecule has 3 aromatic heterocycles. The number of thiophene rings is 1. The zero-order valence-corrected chi connectivity index (χ0v) is 20.5. The molecule has 9 heteroatoms. The number of nitrogens with zero attached hydrogens (tertiary/aromatic N) is 6. The minimum atomic E-state index is -0.00666. The number of hydrogen-bond donors (Lipinski definition) is 0. The number of piperidine rings is 2. The quantitative estimate of drug-likeness (QED) is 0.553. The van der Waals surface area contributed by atoms with Gasteiger partial charge in [-0.25, -0.2) is 0 Å². The van der Waals surface area contributed by atoms with Crippen molar-refractivity contribution in [3.05, 3.63) is 27.6 Å². The molecule has 0 radical (unpaired) electrons. The third-order valence-corrected chi connectivity index (χ3v) is 8.01. The molecular weight excluding hydrogens is 436 g/mol. The number of hydrogen-bond acceptors (Lipinski definition) is 6. The average molecular weight is 471 g/mol. The average Bonchev–Trinajstić information content (AvgIpc) is 3.48. The van der Waals surface area contributed by atoms with Gasteiger partial charge in [-0.2, -0.15) is 0 Å². The van der Waals surface area contributed by atoms with E-state index in [4.69, 9.17) is 0 Å². The highest BCUT2D eigenvalue weighted by molar-refractivity contribution is 7.17. The molecule has 0 unspecified atom stereocenters. The topological polar surface area (TPSA) is 75.7 Å². The Labute approximate surface area is 198 Å². The highest BCUT2D eigenvalue weighted by Gasteiger charge is 2.28. The minimum absolute atomic E-state index is 0.00666. The molecule has 5 heterocycles. The summed E-state index contributed by atoms with van der Waals surface area (Å²) < 4.78 is 4.42. The monoisotopic (exact) mass is 470 g/mol. The largest absolute Gasteiger partial charge is 0.343 e. The number of aromatic nitrogens is 4. The fraction of sp³-hybridized carbons (Fsp3) is 0.667. The van der Waals surface area contributed by atoms with Gasteiger partial charge in [0.1, 0.15) is 10.5 Å². The normalized spacial score (nSPS) is 18.7. The number of amides is 1. The van der Waals surface area contributed by atoms with E-state index in [1.54, 1.807) is 4.57 Å². The standard InChI is InChI=1S/C24H34N6O2S/c1-17(2)16-29-23(32)22-19(10-15-33-22)30-20(25-26-24(29)30)6-7-21(31)28-13-8-18(9-14-28)27-11-4-3-5-12-27/h10,15,17-18H,3-9,11-14,16H2,1-2H3. The lowest BCUT2D eigenvalue weighted by Gasteiger charge is -2.40. The van der Waals surface area contributed by atoms with Gasteiger partial charge in [-0.05, 0) is 56.1 Å². The fourth-order valence-corrected chi connectivity index (χ4v) is 6.24. The lowest BCUT2D eigenvalue weighted by molar-refractivity contribution is -0.132. The molecule has 3 aromatic rings. The van der Waals surface area contributed by atoms with Crippen molar-refractivity contribution in [1.29, 1.82) is 0 Å². The van der Waals surface area contributed by atoms with Crippen LogP contribution in [0.15, 0.2) is 16.2 Å². The van der Waals surface area contributed by atoms with E-state index >= 15 is 0 Å². The van der Waals surface area contributed by atoms with Crippen LogP contribution in [0.5, 0.6) is 0 Å². The molecule has 5 rings (SSSR count). The number of aryl methyl sites for hydroxylation is 1. The molecule has 0 saturated carbocycles. The summed E-state index contributed by atoms with van der Waals surface area (Å²) in [7, 11) is 0. The third kappa shape index (κ3) is 4.45. The maximum atomic E-state index is 13.0. The van der Waals surface area contributed by atoms with Gasteiger partial charge in [0, 0.05) is 38.5 Å². The highest BCUT2D eigenvalue weighted by Crippen LogP contribution is 2.23. The maximum absolute atomic E-state index is 13.0. The van der Waals surface area contributed by atoms with Crippen molar-refractivity contribution in [2.75, 3.05) is 26.2 Å². The van der Waals surface area contributed by atoms with Crippen LogP contribution in [0.3, 0.4) is 0 Å². The first-order valence-corrected chi connectivity index (χ1v) is 13.3. The zero-order chi connectivity index (χ0) is 22.9. The molecule has 2 fully saturated rings. The van der Waals surface area contributed by atoms with Crippen molar-refractivity contribution in [2.24, 2.45) is 5.92 Å². The summed E-state index contributed by atoms with van der Waals surface area (Å²) in [5.74, 6) is 1.84. The third-order valence-electron chi connectivity index (χ3n) is 7.11. The van der Waals surface area contributed by atoms with E-state index in [1.807, 2.05) is 20.7 Å². The van der Waals surface area contributed by atoms with Gasteiger partial charge >= 0.3 is 0 Å². The van der Waals surface area contributed by atoms with Gasteiger partial charge in [0.05, 0.1) is 5.52 Å². The van der Waals surface area contributed by atoms with Crippen LogP contribution in [0.25, 0.3) is 16.0 Å². The Morgan fingerprint density at radius 1 is 1.12 bits per heavy atom. The van der Waals surface area contributed by atoms with Crippen LogP contribution < -0.4 is 5.56 Å². The summed E-state index contributed by atoms with van der Waals surface area (Å²) in [6, 6.07) is 2.59. The van der Waals surface area contributed by atoms with E-state index in [-0.39, 0.29) is 11.5 Å². The molecule has 8 nitrogen and oxygen atoms in total. The second-order valence-electron chi connectivity index (χ2n) is 9.90. The molecule has 1 amide bonds. The Kier molecular flexibility index (Phi) is 6.51. The molecule has 0 bridgehead atoms. The number of carbonyl (C=O) groups excluding carboxylic acids is 1. The smallest absolute Gasteiger partial charge is 0.272 e. The summed E-state index contributed by atoms with van der Waals surface area (Å²) in [6.07, 6.45) is 7.09. The summed E-state index contributed by atoms with van der Waals surface area (Å²) >= 11 is 1.45. The summed E-state index contributed by atoms with van der Waals surface area (Å²) in [5.41, 5.74) is 0.836. The number of fused-ring (bicyclic) bond motifs is 3. The molecule has 0 aliphatic carbocycles. The molecular formula is C24H34N6O2S. The number of rotatable bonds is 6. The molecule has 0 N–H and O–H groups in total. The Hall–Kier alpha value is -2.26. The lowest BCUT2D eigenvalue weighted by Crippen LogP contribution is -2.48. The molecule has 178 valence electrons. The van der Waals surface area contributed by atoms with Gasteiger partial charge in [0.2, 0.25) is 11.7 Å². The van der Waals surface area contributed by atoms with Crippen LogP contribution >= 0.6 is 11.3 Å². The van der Waals surface area contributed by atoms with Crippen molar-refractivity contribution in [1.82, 2.24) is 29.0 Å². The molecule has 33 heavy (non-hydrogen) atoms. The Morgan fingerprint density at radius 3 is 2.61 bits per heavy atom. The first-order valence-electron chi connectivity index (χ1n) is 12.4. The summed E-state index contributed by atoms with van der Waals surface area (Å²) in [5, 5.41) is 10.7. The van der Waals surface area contributed by atoms with E-state index < -0.39 is 0 Å². The minimum Gasteiger partial charge on any atom is -0.343 e. The van der Waals surface area contributed by atoms with Crippen LogP contribution in [0, 0.1) is 5.92 Å². The molecule has 2 aliphatic heterocycles. The van der Waals surface area contributed by atoms with Gasteiger partial charge in [-0.15, -0.1) is 21.5 Å². The number of carbonyl (C=O) groups is 1.